The largest absolute Gasteiger partial charge is 0.465 e. The molecule has 2 aromatic carbocycles. The normalized spacial score (nSPS) is 14.2. The van der Waals surface area contributed by atoms with E-state index in [1.54, 1.807) is 20.8 Å². The van der Waals surface area contributed by atoms with Gasteiger partial charge in [0.15, 0.2) is 5.66 Å². The van der Waals surface area contributed by atoms with Gasteiger partial charge in [0.05, 0.1) is 19.8 Å². The minimum Gasteiger partial charge on any atom is -0.465 e. The Morgan fingerprint density at radius 1 is 0.962 bits per heavy atom. The highest BCUT2D eigenvalue weighted by Crippen LogP contribution is 2.57. The van der Waals surface area contributed by atoms with E-state index < -0.39 is 19.2 Å². The van der Waals surface area contributed by atoms with E-state index >= 15 is 0 Å². The highest BCUT2D eigenvalue weighted by Gasteiger charge is 2.46. The number of hydrogen-bond donors (Lipinski definition) is 0. The molecule has 0 spiro atoms. The third kappa shape index (κ3) is 4.53. The summed E-state index contributed by atoms with van der Waals surface area (Å²) in [5.41, 5.74) is -0.120. The molecule has 26 heavy (non-hydrogen) atoms. The van der Waals surface area contributed by atoms with E-state index in [9.17, 15) is 9.36 Å². The lowest BCUT2D eigenvalue weighted by Gasteiger charge is -2.29. The van der Waals surface area contributed by atoms with Crippen LogP contribution in [0.3, 0.4) is 0 Å². The van der Waals surface area contributed by atoms with Gasteiger partial charge in [0.25, 0.3) is 0 Å². The van der Waals surface area contributed by atoms with Gasteiger partial charge in [-0.2, -0.15) is 0 Å². The number of fused-ring (bicyclic) bond motifs is 1. The van der Waals surface area contributed by atoms with Crippen molar-refractivity contribution in [1.29, 1.82) is 0 Å². The highest BCUT2D eigenvalue weighted by atomic mass is 31.2. The van der Waals surface area contributed by atoms with Gasteiger partial charge < -0.3 is 13.8 Å². The summed E-state index contributed by atoms with van der Waals surface area (Å²) < 4.78 is 29.5. The third-order valence-corrected chi connectivity index (χ3v) is 6.84. The van der Waals surface area contributed by atoms with Crippen molar-refractivity contribution in [2.45, 2.75) is 39.3 Å². The zero-order valence-electron chi connectivity index (χ0n) is 15.8. The second-order valence-corrected chi connectivity index (χ2v) is 8.12. The maximum absolute atomic E-state index is 13.4. The SMILES string of the molecule is CCOC(=O)[C@@H]([C@H](C)c1ccc2ccccc2c1)P(=O)(OCC)OCC. The van der Waals surface area contributed by atoms with Crippen LogP contribution in [0.15, 0.2) is 42.5 Å². The van der Waals surface area contributed by atoms with Gasteiger partial charge in [-0.3, -0.25) is 9.36 Å². The summed E-state index contributed by atoms with van der Waals surface area (Å²) in [6.45, 7) is 7.63. The van der Waals surface area contributed by atoms with Gasteiger partial charge in [0.1, 0.15) is 0 Å². The molecule has 0 aromatic heterocycles. The van der Waals surface area contributed by atoms with Crippen molar-refractivity contribution in [2.75, 3.05) is 19.8 Å². The fourth-order valence-electron chi connectivity index (χ4n) is 3.07. The first kappa shape index (κ1) is 20.6. The molecule has 0 saturated carbocycles. The molecule has 0 aliphatic heterocycles. The van der Waals surface area contributed by atoms with Gasteiger partial charge in [-0.15, -0.1) is 0 Å². The number of benzene rings is 2. The number of carbonyl (C=O) groups excluding carboxylic acids is 1. The average Bonchev–Trinajstić information content (AvgIpc) is 2.62. The Morgan fingerprint density at radius 2 is 1.58 bits per heavy atom. The molecule has 0 unspecified atom stereocenters. The lowest BCUT2D eigenvalue weighted by Crippen LogP contribution is -2.31. The summed E-state index contributed by atoms with van der Waals surface area (Å²) in [6.07, 6.45) is 0. The van der Waals surface area contributed by atoms with Crippen LogP contribution in [-0.2, 0) is 23.1 Å². The summed E-state index contributed by atoms with van der Waals surface area (Å²) in [7, 11) is -3.67. The van der Waals surface area contributed by atoms with Crippen LogP contribution in [0.2, 0.25) is 0 Å². The molecule has 142 valence electrons. The molecule has 0 radical (unpaired) electrons. The van der Waals surface area contributed by atoms with Crippen LogP contribution in [0.4, 0.5) is 0 Å². The van der Waals surface area contributed by atoms with Gasteiger partial charge in [0, 0.05) is 5.92 Å². The number of rotatable bonds is 9. The summed E-state index contributed by atoms with van der Waals surface area (Å²) in [5.74, 6) is -0.944. The van der Waals surface area contributed by atoms with E-state index in [1.165, 1.54) is 0 Å². The minimum absolute atomic E-state index is 0.192. The Balaban J connectivity index is 2.47. The molecule has 0 bridgehead atoms. The zero-order chi connectivity index (χ0) is 19.2. The van der Waals surface area contributed by atoms with E-state index in [2.05, 4.69) is 0 Å². The van der Waals surface area contributed by atoms with Crippen molar-refractivity contribution in [3.63, 3.8) is 0 Å². The first-order valence-corrected chi connectivity index (χ1v) is 10.6. The van der Waals surface area contributed by atoms with Crippen molar-refractivity contribution in [3.8, 4) is 0 Å². The van der Waals surface area contributed by atoms with Crippen LogP contribution in [0.1, 0.15) is 39.2 Å². The van der Waals surface area contributed by atoms with Crippen LogP contribution in [0.5, 0.6) is 0 Å². The van der Waals surface area contributed by atoms with E-state index in [1.807, 2.05) is 49.4 Å². The molecule has 5 nitrogen and oxygen atoms in total. The topological polar surface area (TPSA) is 61.8 Å². The summed E-state index contributed by atoms with van der Waals surface area (Å²) >= 11 is 0. The van der Waals surface area contributed by atoms with Gasteiger partial charge >= 0.3 is 13.6 Å². The van der Waals surface area contributed by atoms with Crippen LogP contribution < -0.4 is 0 Å². The van der Waals surface area contributed by atoms with Crippen molar-refractivity contribution in [2.24, 2.45) is 0 Å². The predicted molar refractivity (Wildman–Crippen MR) is 104 cm³/mol. The third-order valence-electron chi connectivity index (χ3n) is 4.26. The van der Waals surface area contributed by atoms with E-state index in [4.69, 9.17) is 13.8 Å². The second-order valence-electron chi connectivity index (χ2n) is 5.97. The van der Waals surface area contributed by atoms with Gasteiger partial charge in [0.2, 0.25) is 0 Å². The molecule has 0 aliphatic carbocycles. The standard InChI is InChI=1S/C20H27O5P/c1-5-23-20(21)19(26(22,24-6-2)25-7-3)15(4)17-13-12-16-10-8-9-11-18(16)14-17/h8-15,19H,5-7H2,1-4H3/t15-,19-/m1/s1. The first-order valence-electron chi connectivity index (χ1n) is 9.00. The molecule has 0 aliphatic rings. The lowest BCUT2D eigenvalue weighted by atomic mass is 9.95. The Hall–Kier alpha value is -1.68. The molecule has 0 heterocycles. The zero-order valence-corrected chi connectivity index (χ0v) is 16.7. The Labute approximate surface area is 155 Å². The molecule has 0 amide bonds. The Bertz CT molecular complexity index is 779. The van der Waals surface area contributed by atoms with Crippen LogP contribution >= 0.6 is 7.60 Å². The minimum atomic E-state index is -3.67. The van der Waals surface area contributed by atoms with Gasteiger partial charge in [-0.05, 0) is 37.1 Å². The van der Waals surface area contributed by atoms with E-state index in [-0.39, 0.29) is 25.7 Å². The predicted octanol–water partition coefficient (Wildman–Crippen LogP) is 5.14. The quantitative estimate of drug-likeness (QED) is 0.446. The van der Waals surface area contributed by atoms with Crippen LogP contribution in [0, 0.1) is 0 Å². The molecule has 2 rings (SSSR count). The summed E-state index contributed by atoms with van der Waals surface area (Å²) in [5, 5.41) is 2.16. The summed E-state index contributed by atoms with van der Waals surface area (Å²) in [4.78, 5) is 12.7. The molecule has 0 N–H and O–H groups in total. The number of carbonyl (C=O) groups is 1. The molecular formula is C20H27O5P. The molecule has 6 heteroatoms. The van der Waals surface area contributed by atoms with E-state index in [0.29, 0.717) is 0 Å². The second kappa shape index (κ2) is 9.31. The van der Waals surface area contributed by atoms with Gasteiger partial charge in [-0.1, -0.05) is 49.4 Å². The maximum atomic E-state index is 13.4. The van der Waals surface area contributed by atoms with Gasteiger partial charge in [-0.25, -0.2) is 0 Å². The average molecular weight is 378 g/mol. The van der Waals surface area contributed by atoms with Crippen molar-refractivity contribution in [3.05, 3.63) is 48.0 Å². The monoisotopic (exact) mass is 378 g/mol. The Morgan fingerprint density at radius 3 is 2.15 bits per heavy atom. The van der Waals surface area contributed by atoms with Crippen LogP contribution in [-0.4, -0.2) is 31.4 Å². The lowest BCUT2D eigenvalue weighted by molar-refractivity contribution is -0.143. The fraction of sp³-hybridized carbons (Fsp3) is 0.450. The molecule has 2 aromatic rings. The highest BCUT2D eigenvalue weighted by molar-refractivity contribution is 7.55. The maximum Gasteiger partial charge on any atom is 0.345 e. The van der Waals surface area contributed by atoms with Crippen molar-refractivity contribution in [1.82, 2.24) is 0 Å². The molecule has 2 atom stereocenters. The fourth-order valence-corrected chi connectivity index (χ4v) is 5.23. The van der Waals surface area contributed by atoms with E-state index in [0.717, 1.165) is 16.3 Å². The van der Waals surface area contributed by atoms with Crippen molar-refractivity contribution >= 4 is 24.3 Å². The summed E-state index contributed by atoms with van der Waals surface area (Å²) in [6, 6.07) is 13.9. The Kier molecular flexibility index (Phi) is 7.39. The first-order chi connectivity index (χ1) is 12.5. The number of hydrogen-bond acceptors (Lipinski definition) is 5. The van der Waals surface area contributed by atoms with Crippen molar-refractivity contribution < 1.29 is 23.1 Å². The smallest absolute Gasteiger partial charge is 0.345 e. The molecular weight excluding hydrogens is 351 g/mol. The molecule has 0 fully saturated rings. The number of ether oxygens (including phenoxy) is 1. The molecule has 0 saturated heterocycles. The number of esters is 1. The van der Waals surface area contributed by atoms with Crippen LogP contribution in [0.25, 0.3) is 10.8 Å².